The molecule has 2 heterocycles. The molecule has 7 heteroatoms. The monoisotopic (exact) mass is 484 g/mol. The zero-order valence-corrected chi connectivity index (χ0v) is 21.0. The van der Waals surface area contributed by atoms with Gasteiger partial charge in [0.15, 0.2) is 11.4 Å². The summed E-state index contributed by atoms with van der Waals surface area (Å²) in [6.07, 6.45) is 0. The quantitative estimate of drug-likeness (QED) is 0.207. The second-order valence-corrected chi connectivity index (χ2v) is 9.38. The van der Waals surface area contributed by atoms with Crippen molar-refractivity contribution in [3.05, 3.63) is 76.9 Å². The van der Waals surface area contributed by atoms with E-state index in [1.54, 1.807) is 13.8 Å². The van der Waals surface area contributed by atoms with E-state index in [9.17, 15) is 9.59 Å². The van der Waals surface area contributed by atoms with Gasteiger partial charge in [-0.05, 0) is 63.6 Å². The molecule has 184 valence electrons. The number of ketones is 1. The van der Waals surface area contributed by atoms with E-state index in [1.165, 1.54) is 7.11 Å². The molecule has 0 radical (unpaired) electrons. The van der Waals surface area contributed by atoms with E-state index in [1.807, 2.05) is 61.5 Å². The van der Waals surface area contributed by atoms with Gasteiger partial charge in [0.05, 0.1) is 10.9 Å². The van der Waals surface area contributed by atoms with Crippen molar-refractivity contribution >= 4 is 39.3 Å². The summed E-state index contributed by atoms with van der Waals surface area (Å²) in [5.74, 6) is 0.0655. The minimum absolute atomic E-state index is 0.0178. The summed E-state index contributed by atoms with van der Waals surface area (Å²) < 4.78 is 13.5. The Morgan fingerprint density at radius 3 is 2.56 bits per heavy atom. The smallest absolute Gasteiger partial charge is 0.365 e. The maximum Gasteiger partial charge on any atom is 0.365 e. The number of hydrogen-bond donors (Lipinski definition) is 0. The molecule has 0 N–H and O–H groups in total. The third-order valence-corrected chi connectivity index (χ3v) is 6.86. The van der Waals surface area contributed by atoms with E-state index in [2.05, 4.69) is 16.6 Å². The maximum absolute atomic E-state index is 13.3. The average Bonchev–Trinajstić information content (AvgIpc) is 3.44. The highest BCUT2D eigenvalue weighted by Crippen LogP contribution is 2.41. The lowest BCUT2D eigenvalue weighted by Gasteiger charge is -2.17. The highest BCUT2D eigenvalue weighted by Gasteiger charge is 2.31. The number of oxime groups is 1. The van der Waals surface area contributed by atoms with E-state index >= 15 is 0 Å². The zero-order chi connectivity index (χ0) is 25.6. The third kappa shape index (κ3) is 3.76. The number of fused-ring (bicyclic) bond motifs is 5. The van der Waals surface area contributed by atoms with Gasteiger partial charge < -0.3 is 18.9 Å². The SMILES string of the molecule is CCn1c2ccc(C(=O)c3ccccc3C)cc2c2c3c(ccc21)/C(=N/OC(=O)C(C)(C)OC)CO3. The van der Waals surface area contributed by atoms with Gasteiger partial charge in [-0.2, -0.15) is 0 Å². The van der Waals surface area contributed by atoms with E-state index in [0.717, 1.165) is 39.5 Å². The zero-order valence-electron chi connectivity index (χ0n) is 21.0. The Morgan fingerprint density at radius 1 is 1.08 bits per heavy atom. The molecule has 0 saturated heterocycles. The van der Waals surface area contributed by atoms with Crippen molar-refractivity contribution in [3.63, 3.8) is 0 Å². The maximum atomic E-state index is 13.3. The number of methoxy groups -OCH3 is 1. The number of carbonyl (C=O) groups is 2. The molecule has 5 rings (SSSR count). The Labute approximate surface area is 209 Å². The largest absolute Gasteiger partial charge is 0.486 e. The standard InChI is InChI=1S/C29H28N2O5/c1-6-31-23-13-11-18(26(32)19-10-8-7-9-17(19)2)15-21(23)25-24(31)14-12-20-22(16-35-27(20)25)30-36-28(33)29(3,4)34-5/h7-15H,6,16H2,1-5H3/b30-22+. The molecule has 0 amide bonds. The van der Waals surface area contributed by atoms with Crippen LogP contribution in [0, 0.1) is 6.92 Å². The average molecular weight is 485 g/mol. The number of aryl methyl sites for hydroxylation is 2. The van der Waals surface area contributed by atoms with Crippen LogP contribution in [0.2, 0.25) is 0 Å². The molecule has 0 saturated carbocycles. The molecule has 1 aliphatic heterocycles. The van der Waals surface area contributed by atoms with Gasteiger partial charge in [-0.25, -0.2) is 4.79 Å². The topological polar surface area (TPSA) is 79.1 Å². The van der Waals surface area contributed by atoms with Crippen molar-refractivity contribution in [2.24, 2.45) is 5.16 Å². The first-order chi connectivity index (χ1) is 17.3. The predicted octanol–water partition coefficient (Wildman–Crippen LogP) is 5.42. The molecule has 4 aromatic rings. The van der Waals surface area contributed by atoms with Crippen LogP contribution < -0.4 is 4.74 Å². The second-order valence-electron chi connectivity index (χ2n) is 9.38. The molecule has 0 unspecified atom stereocenters. The lowest BCUT2D eigenvalue weighted by Crippen LogP contribution is -2.34. The van der Waals surface area contributed by atoms with Crippen LogP contribution in [0.15, 0.2) is 59.8 Å². The van der Waals surface area contributed by atoms with Crippen LogP contribution in [0.5, 0.6) is 5.75 Å². The Bertz CT molecular complexity index is 1560. The number of rotatable bonds is 6. The summed E-state index contributed by atoms with van der Waals surface area (Å²) in [6, 6.07) is 17.4. The molecule has 0 bridgehead atoms. The minimum atomic E-state index is -1.11. The fraction of sp³-hybridized carbons (Fsp3) is 0.276. The summed E-state index contributed by atoms with van der Waals surface area (Å²) in [5.41, 5.74) is 4.45. The van der Waals surface area contributed by atoms with Gasteiger partial charge >= 0.3 is 5.97 Å². The molecule has 7 nitrogen and oxygen atoms in total. The van der Waals surface area contributed by atoms with E-state index < -0.39 is 11.6 Å². The number of nitrogens with zero attached hydrogens (tertiary/aromatic N) is 2. The summed E-state index contributed by atoms with van der Waals surface area (Å²) in [5, 5.41) is 5.94. The van der Waals surface area contributed by atoms with Gasteiger partial charge in [0, 0.05) is 41.2 Å². The fourth-order valence-corrected chi connectivity index (χ4v) is 4.58. The van der Waals surface area contributed by atoms with Gasteiger partial charge in [0.25, 0.3) is 0 Å². The molecule has 1 aromatic heterocycles. The van der Waals surface area contributed by atoms with Crippen molar-refractivity contribution in [1.29, 1.82) is 0 Å². The van der Waals surface area contributed by atoms with Crippen molar-refractivity contribution in [2.45, 2.75) is 39.8 Å². The van der Waals surface area contributed by atoms with Crippen LogP contribution in [0.3, 0.4) is 0 Å². The summed E-state index contributed by atoms with van der Waals surface area (Å²) in [7, 11) is 1.45. The van der Waals surface area contributed by atoms with Crippen LogP contribution in [0.1, 0.15) is 47.8 Å². The van der Waals surface area contributed by atoms with E-state index in [0.29, 0.717) is 22.6 Å². The van der Waals surface area contributed by atoms with Crippen molar-refractivity contribution in [1.82, 2.24) is 4.57 Å². The number of ether oxygens (including phenoxy) is 2. The van der Waals surface area contributed by atoms with Crippen LogP contribution in [0.25, 0.3) is 21.8 Å². The van der Waals surface area contributed by atoms with Crippen LogP contribution in [0.4, 0.5) is 0 Å². The third-order valence-electron chi connectivity index (χ3n) is 6.86. The normalized spacial score (nSPS) is 14.3. The predicted molar refractivity (Wildman–Crippen MR) is 139 cm³/mol. The van der Waals surface area contributed by atoms with Crippen molar-refractivity contribution in [2.75, 3.05) is 13.7 Å². The van der Waals surface area contributed by atoms with Crippen molar-refractivity contribution in [3.8, 4) is 5.75 Å². The molecule has 1 aliphatic rings. The molecule has 0 spiro atoms. The fourth-order valence-electron chi connectivity index (χ4n) is 4.58. The molecule has 3 aromatic carbocycles. The van der Waals surface area contributed by atoms with Gasteiger partial charge in [-0.15, -0.1) is 0 Å². The number of hydrogen-bond acceptors (Lipinski definition) is 6. The first kappa shape index (κ1) is 23.8. The Morgan fingerprint density at radius 2 is 1.83 bits per heavy atom. The Kier molecular flexibility index (Phi) is 5.88. The van der Waals surface area contributed by atoms with E-state index in [-0.39, 0.29) is 12.4 Å². The Hall–Kier alpha value is -3.97. The van der Waals surface area contributed by atoms with Gasteiger partial charge in [-0.1, -0.05) is 29.4 Å². The number of carbonyl (C=O) groups excluding carboxylic acids is 2. The minimum Gasteiger partial charge on any atom is -0.486 e. The summed E-state index contributed by atoms with van der Waals surface area (Å²) >= 11 is 0. The Balaban J connectivity index is 1.63. The highest BCUT2D eigenvalue weighted by atomic mass is 16.7. The van der Waals surface area contributed by atoms with Crippen molar-refractivity contribution < 1.29 is 23.9 Å². The number of benzene rings is 3. The molecule has 0 aliphatic carbocycles. The van der Waals surface area contributed by atoms with Gasteiger partial charge in [0.2, 0.25) is 0 Å². The molecule has 36 heavy (non-hydrogen) atoms. The molecular weight excluding hydrogens is 456 g/mol. The molecular formula is C29H28N2O5. The van der Waals surface area contributed by atoms with Gasteiger partial charge in [0.1, 0.15) is 18.1 Å². The lowest BCUT2D eigenvalue weighted by molar-refractivity contribution is -0.165. The molecule has 0 fully saturated rings. The van der Waals surface area contributed by atoms with Gasteiger partial charge in [-0.3, -0.25) is 4.79 Å². The van der Waals surface area contributed by atoms with Crippen LogP contribution >= 0.6 is 0 Å². The summed E-state index contributed by atoms with van der Waals surface area (Å²) in [6.45, 7) is 8.20. The number of aromatic nitrogens is 1. The first-order valence-corrected chi connectivity index (χ1v) is 11.9. The molecule has 0 atom stereocenters. The lowest BCUT2D eigenvalue weighted by atomic mass is 9.97. The highest BCUT2D eigenvalue weighted by molar-refractivity contribution is 6.20. The second kappa shape index (κ2) is 8.91. The van der Waals surface area contributed by atoms with E-state index in [4.69, 9.17) is 14.3 Å². The summed E-state index contributed by atoms with van der Waals surface area (Å²) in [4.78, 5) is 30.8. The van der Waals surface area contributed by atoms with Crippen LogP contribution in [-0.2, 0) is 20.9 Å². The van der Waals surface area contributed by atoms with Crippen LogP contribution in [-0.4, -0.2) is 41.3 Å². The first-order valence-electron chi connectivity index (χ1n) is 11.9.